The van der Waals surface area contributed by atoms with Crippen molar-refractivity contribution in [1.82, 2.24) is 4.90 Å². The van der Waals surface area contributed by atoms with Gasteiger partial charge >= 0.3 is 0 Å². The Bertz CT molecular complexity index is 1020. The van der Waals surface area contributed by atoms with Crippen LogP contribution in [0.1, 0.15) is 51.3 Å². The lowest BCUT2D eigenvalue weighted by Gasteiger charge is -2.28. The molecule has 0 aliphatic carbocycles. The number of nitrogens with zero attached hydrogens (tertiary/aromatic N) is 1. The third-order valence-corrected chi connectivity index (χ3v) is 5.28. The molecule has 1 amide bonds. The van der Waals surface area contributed by atoms with Gasteiger partial charge in [0.05, 0.1) is 31.4 Å². The Labute approximate surface area is 189 Å². The number of benzene rings is 2. The number of carbonyl (C=O) groups is 2. The average Bonchev–Trinajstić information content (AvgIpc) is 2.98. The fourth-order valence-electron chi connectivity index (χ4n) is 3.98. The fraction of sp³-hybridized carbons (Fsp3) is 0.385. The van der Waals surface area contributed by atoms with Crippen LogP contribution in [-0.4, -0.2) is 34.9 Å². The van der Waals surface area contributed by atoms with Crippen LogP contribution in [0.4, 0.5) is 0 Å². The van der Waals surface area contributed by atoms with Crippen LogP contribution >= 0.6 is 0 Å². The monoisotopic (exact) mass is 437 g/mol. The number of rotatable bonds is 9. The maximum absolute atomic E-state index is 13.2. The molecule has 1 unspecified atom stereocenters. The Morgan fingerprint density at radius 2 is 1.81 bits per heavy atom. The zero-order valence-electron chi connectivity index (χ0n) is 19.3. The number of methoxy groups -OCH3 is 1. The van der Waals surface area contributed by atoms with Crippen molar-refractivity contribution >= 4 is 11.7 Å². The molecule has 0 fully saturated rings. The number of aliphatic hydroxyl groups is 1. The molecule has 0 aromatic heterocycles. The van der Waals surface area contributed by atoms with E-state index in [1.807, 2.05) is 76.2 Å². The molecule has 0 spiro atoms. The van der Waals surface area contributed by atoms with E-state index in [9.17, 15) is 14.7 Å². The van der Waals surface area contributed by atoms with E-state index < -0.39 is 17.7 Å². The molecule has 6 nitrogen and oxygen atoms in total. The Morgan fingerprint density at radius 1 is 1.09 bits per heavy atom. The van der Waals surface area contributed by atoms with Crippen molar-refractivity contribution in [2.75, 3.05) is 7.11 Å². The predicted molar refractivity (Wildman–Crippen MR) is 123 cm³/mol. The summed E-state index contributed by atoms with van der Waals surface area (Å²) < 4.78 is 11.3. The molecule has 1 aliphatic heterocycles. The number of hydrogen-bond acceptors (Lipinski definition) is 5. The van der Waals surface area contributed by atoms with Crippen molar-refractivity contribution in [1.29, 1.82) is 0 Å². The first-order valence-electron chi connectivity index (χ1n) is 10.9. The lowest BCUT2D eigenvalue weighted by atomic mass is 9.92. The van der Waals surface area contributed by atoms with Crippen molar-refractivity contribution in [2.24, 2.45) is 5.92 Å². The Hall–Kier alpha value is -3.28. The van der Waals surface area contributed by atoms with Gasteiger partial charge in [0, 0.05) is 12.0 Å². The van der Waals surface area contributed by atoms with E-state index in [1.165, 1.54) is 4.90 Å². The third-order valence-electron chi connectivity index (χ3n) is 5.28. The first kappa shape index (κ1) is 23.4. The van der Waals surface area contributed by atoms with E-state index in [2.05, 4.69) is 0 Å². The number of ether oxygens (including phenoxy) is 2. The zero-order chi connectivity index (χ0) is 23.4. The summed E-state index contributed by atoms with van der Waals surface area (Å²) in [5.41, 5.74) is 1.64. The number of hydrogen-bond donors (Lipinski definition) is 1. The van der Waals surface area contributed by atoms with Crippen molar-refractivity contribution < 1.29 is 24.2 Å². The largest absolute Gasteiger partial charge is 0.503 e. The molecule has 1 heterocycles. The molecule has 1 N–H and O–H groups in total. The van der Waals surface area contributed by atoms with Crippen LogP contribution in [0.5, 0.6) is 11.5 Å². The normalized spacial score (nSPS) is 16.3. The number of ketones is 1. The SMILES string of the molecule is COc1ccccc1CN1C(=O)C(O)=C(C(=O)CC(C)C)C1c1cccc(OC(C)C)c1. The number of carbonyl (C=O) groups excluding carboxylic acids is 2. The Kier molecular flexibility index (Phi) is 7.23. The summed E-state index contributed by atoms with van der Waals surface area (Å²) in [5, 5.41) is 10.8. The van der Waals surface area contributed by atoms with Crippen LogP contribution in [0.2, 0.25) is 0 Å². The van der Waals surface area contributed by atoms with E-state index in [4.69, 9.17) is 9.47 Å². The molecule has 1 aliphatic rings. The maximum atomic E-state index is 13.2. The van der Waals surface area contributed by atoms with Gasteiger partial charge in [0.25, 0.3) is 5.91 Å². The first-order valence-corrected chi connectivity index (χ1v) is 10.9. The Morgan fingerprint density at radius 3 is 2.47 bits per heavy atom. The lowest BCUT2D eigenvalue weighted by molar-refractivity contribution is -0.130. The summed E-state index contributed by atoms with van der Waals surface area (Å²) >= 11 is 0. The molecule has 2 aromatic carbocycles. The molecule has 0 saturated heterocycles. The molecule has 6 heteroatoms. The molecule has 3 rings (SSSR count). The molecular weight excluding hydrogens is 406 g/mol. The second kappa shape index (κ2) is 9.90. The predicted octanol–water partition coefficient (Wildman–Crippen LogP) is 4.99. The first-order chi connectivity index (χ1) is 15.2. The topological polar surface area (TPSA) is 76.1 Å². The molecule has 0 radical (unpaired) electrons. The summed E-state index contributed by atoms with van der Waals surface area (Å²) in [6.07, 6.45) is 0.222. The highest BCUT2D eigenvalue weighted by atomic mass is 16.5. The molecule has 170 valence electrons. The van der Waals surface area contributed by atoms with Crippen LogP contribution in [0.25, 0.3) is 0 Å². The van der Waals surface area contributed by atoms with Gasteiger partial charge in [-0.3, -0.25) is 9.59 Å². The van der Waals surface area contributed by atoms with Gasteiger partial charge in [0.1, 0.15) is 11.5 Å². The fourth-order valence-corrected chi connectivity index (χ4v) is 3.98. The summed E-state index contributed by atoms with van der Waals surface area (Å²) in [6, 6.07) is 14.0. The molecule has 1 atom stereocenters. The van der Waals surface area contributed by atoms with Gasteiger partial charge in [-0.15, -0.1) is 0 Å². The van der Waals surface area contributed by atoms with Crippen LogP contribution in [0.3, 0.4) is 0 Å². The Balaban J connectivity index is 2.08. The highest BCUT2D eigenvalue weighted by Crippen LogP contribution is 2.41. The van der Waals surface area contributed by atoms with Gasteiger partial charge in [-0.05, 0) is 43.5 Å². The number of aliphatic hydroxyl groups excluding tert-OH is 1. The molecule has 2 aromatic rings. The van der Waals surface area contributed by atoms with Gasteiger partial charge in [-0.2, -0.15) is 0 Å². The van der Waals surface area contributed by atoms with Crippen LogP contribution in [-0.2, 0) is 16.1 Å². The van der Waals surface area contributed by atoms with Crippen molar-refractivity contribution in [3.63, 3.8) is 0 Å². The van der Waals surface area contributed by atoms with Gasteiger partial charge in [0.15, 0.2) is 11.5 Å². The second-order valence-electron chi connectivity index (χ2n) is 8.67. The maximum Gasteiger partial charge on any atom is 0.290 e. The van der Waals surface area contributed by atoms with Crippen molar-refractivity contribution in [3.8, 4) is 11.5 Å². The second-order valence-corrected chi connectivity index (χ2v) is 8.67. The van der Waals surface area contributed by atoms with Crippen molar-refractivity contribution in [2.45, 2.75) is 52.8 Å². The zero-order valence-corrected chi connectivity index (χ0v) is 19.3. The van der Waals surface area contributed by atoms with Gasteiger partial charge in [-0.25, -0.2) is 0 Å². The molecule has 0 saturated carbocycles. The van der Waals surface area contributed by atoms with Gasteiger partial charge in [0.2, 0.25) is 0 Å². The average molecular weight is 438 g/mol. The summed E-state index contributed by atoms with van der Waals surface area (Å²) in [4.78, 5) is 27.8. The van der Waals surface area contributed by atoms with Gasteiger partial charge in [-0.1, -0.05) is 44.2 Å². The van der Waals surface area contributed by atoms with Gasteiger partial charge < -0.3 is 19.5 Å². The number of para-hydroxylation sites is 1. The van der Waals surface area contributed by atoms with E-state index in [0.29, 0.717) is 17.1 Å². The smallest absolute Gasteiger partial charge is 0.290 e. The highest BCUT2D eigenvalue weighted by molar-refractivity contribution is 6.09. The van der Waals surface area contributed by atoms with Crippen LogP contribution in [0, 0.1) is 5.92 Å². The quantitative estimate of drug-likeness (QED) is 0.598. The van der Waals surface area contributed by atoms with E-state index >= 15 is 0 Å². The molecule has 0 bridgehead atoms. The third kappa shape index (κ3) is 4.96. The van der Waals surface area contributed by atoms with E-state index in [-0.39, 0.29) is 36.3 Å². The minimum absolute atomic E-state index is 0.0221. The van der Waals surface area contributed by atoms with Crippen LogP contribution in [0.15, 0.2) is 59.9 Å². The minimum atomic E-state index is -0.714. The molecule has 32 heavy (non-hydrogen) atoms. The minimum Gasteiger partial charge on any atom is -0.503 e. The highest BCUT2D eigenvalue weighted by Gasteiger charge is 2.43. The summed E-state index contributed by atoms with van der Waals surface area (Å²) in [7, 11) is 1.57. The number of amides is 1. The standard InChI is InChI=1S/C26H31NO5/c1-16(2)13-21(28)23-24(18-10-8-11-20(14-18)32-17(3)4)27(26(30)25(23)29)15-19-9-6-7-12-22(19)31-5/h6-12,14,16-17,24,29H,13,15H2,1-5H3. The number of Topliss-reactive ketones (excluding diaryl/α,β-unsaturated/α-hetero) is 1. The lowest BCUT2D eigenvalue weighted by Crippen LogP contribution is -2.31. The summed E-state index contributed by atoms with van der Waals surface area (Å²) in [6.45, 7) is 7.92. The summed E-state index contributed by atoms with van der Waals surface area (Å²) in [5.74, 6) is 0.0986. The van der Waals surface area contributed by atoms with E-state index in [1.54, 1.807) is 7.11 Å². The van der Waals surface area contributed by atoms with Crippen molar-refractivity contribution in [3.05, 3.63) is 71.0 Å². The van der Waals surface area contributed by atoms with Crippen LogP contribution < -0.4 is 9.47 Å². The van der Waals surface area contributed by atoms with E-state index in [0.717, 1.165) is 5.56 Å². The molecular formula is C26H31NO5.